The zero-order valence-corrected chi connectivity index (χ0v) is 16.3. The third-order valence-corrected chi connectivity index (χ3v) is 5.35. The van der Waals surface area contributed by atoms with Gasteiger partial charge in [0.1, 0.15) is 12.1 Å². The van der Waals surface area contributed by atoms with E-state index in [2.05, 4.69) is 25.6 Å². The fourth-order valence-corrected chi connectivity index (χ4v) is 3.89. The van der Waals surface area contributed by atoms with E-state index in [9.17, 15) is 4.79 Å². The quantitative estimate of drug-likeness (QED) is 0.660. The lowest BCUT2D eigenvalue weighted by Gasteiger charge is -2.14. The lowest BCUT2D eigenvalue weighted by Crippen LogP contribution is -2.28. The van der Waals surface area contributed by atoms with Gasteiger partial charge in [0.15, 0.2) is 5.13 Å². The third-order valence-electron chi connectivity index (χ3n) is 4.42. The van der Waals surface area contributed by atoms with E-state index >= 15 is 0 Å². The highest BCUT2D eigenvalue weighted by Gasteiger charge is 2.19. The Balaban J connectivity index is 1.66. The zero-order chi connectivity index (χ0) is 19.3. The Morgan fingerprint density at radius 2 is 2.21 bits per heavy atom. The van der Waals surface area contributed by atoms with Crippen molar-refractivity contribution >= 4 is 32.7 Å². The normalized spacial score (nSPS) is 16.2. The first-order valence-electron chi connectivity index (χ1n) is 9.18. The Morgan fingerprint density at radius 1 is 1.36 bits per heavy atom. The number of nitrogens with zero attached hydrogens (tertiary/aromatic N) is 3. The smallest absolute Gasteiger partial charge is 0.321 e. The molecule has 28 heavy (non-hydrogen) atoms. The van der Waals surface area contributed by atoms with Gasteiger partial charge in [0.05, 0.1) is 23.4 Å². The number of nitrogens with one attached hydrogen (secondary N) is 2. The summed E-state index contributed by atoms with van der Waals surface area (Å²) in [4.78, 5) is 24.5. The molecule has 2 amide bonds. The Bertz CT molecular complexity index is 957. The van der Waals surface area contributed by atoms with Crippen LogP contribution in [-0.4, -0.2) is 47.3 Å². The molecule has 3 aromatic rings. The van der Waals surface area contributed by atoms with Crippen LogP contribution in [0.25, 0.3) is 21.3 Å². The summed E-state index contributed by atoms with van der Waals surface area (Å²) in [5.74, 6) is 1.15. The molecule has 1 aromatic carbocycles. The van der Waals surface area contributed by atoms with E-state index in [1.54, 1.807) is 12.4 Å². The molecule has 0 saturated carbocycles. The van der Waals surface area contributed by atoms with E-state index < -0.39 is 0 Å². The predicted octanol–water partition coefficient (Wildman–Crippen LogP) is 3.31. The van der Waals surface area contributed by atoms with Gasteiger partial charge < -0.3 is 14.8 Å². The lowest BCUT2D eigenvalue weighted by atomic mass is 10.1. The van der Waals surface area contributed by atoms with Gasteiger partial charge >= 0.3 is 6.03 Å². The number of rotatable bonds is 6. The van der Waals surface area contributed by atoms with Crippen LogP contribution in [0.15, 0.2) is 30.9 Å². The summed E-state index contributed by atoms with van der Waals surface area (Å²) < 4.78 is 12.5. The summed E-state index contributed by atoms with van der Waals surface area (Å²) in [6.07, 6.45) is 6.00. The number of ether oxygens (including phenoxy) is 2. The molecule has 1 aliphatic rings. The topological polar surface area (TPSA) is 98.3 Å². The molecule has 2 N–H and O–H groups in total. The molecular weight excluding hydrogens is 378 g/mol. The summed E-state index contributed by atoms with van der Waals surface area (Å²) >= 11 is 1.41. The van der Waals surface area contributed by atoms with E-state index in [0.29, 0.717) is 24.2 Å². The summed E-state index contributed by atoms with van der Waals surface area (Å²) in [5, 5.41) is 6.00. The average Bonchev–Trinajstić information content (AvgIpc) is 3.35. The summed E-state index contributed by atoms with van der Waals surface area (Å²) in [6.45, 7) is 4.53. The molecule has 1 atom stereocenters. The molecule has 0 spiro atoms. The maximum absolute atomic E-state index is 11.8. The van der Waals surface area contributed by atoms with Gasteiger partial charge in [-0.2, -0.15) is 0 Å². The van der Waals surface area contributed by atoms with Gasteiger partial charge in [-0.25, -0.2) is 19.7 Å². The molecule has 146 valence electrons. The Kier molecular flexibility index (Phi) is 5.63. The average molecular weight is 399 g/mol. The number of anilines is 1. The van der Waals surface area contributed by atoms with Crippen LogP contribution >= 0.6 is 11.3 Å². The Hall–Kier alpha value is -2.78. The number of fused-ring (bicyclic) bond motifs is 1. The third kappa shape index (κ3) is 4.20. The van der Waals surface area contributed by atoms with E-state index in [-0.39, 0.29) is 6.03 Å². The minimum absolute atomic E-state index is 0.268. The second-order valence-corrected chi connectivity index (χ2v) is 7.52. The molecule has 8 nitrogen and oxygen atoms in total. The molecule has 4 rings (SSSR count). The highest BCUT2D eigenvalue weighted by atomic mass is 32.1. The maximum atomic E-state index is 11.8. The van der Waals surface area contributed by atoms with Crippen molar-refractivity contribution in [3.05, 3.63) is 30.9 Å². The first-order valence-corrected chi connectivity index (χ1v) is 10.00. The molecule has 1 unspecified atom stereocenters. The van der Waals surface area contributed by atoms with Gasteiger partial charge in [-0.15, -0.1) is 0 Å². The van der Waals surface area contributed by atoms with Gasteiger partial charge in [0, 0.05) is 48.7 Å². The van der Waals surface area contributed by atoms with Crippen molar-refractivity contribution in [1.82, 2.24) is 20.3 Å². The SMILES string of the molecule is CCNC(=O)Nc1nc2cc(-c3cncnc3)c(OCC3CCOC3)cc2s1. The Labute approximate surface area is 166 Å². The van der Waals surface area contributed by atoms with Crippen LogP contribution < -0.4 is 15.4 Å². The molecule has 2 aromatic heterocycles. The van der Waals surface area contributed by atoms with Crippen LogP contribution in [0.5, 0.6) is 5.75 Å². The van der Waals surface area contributed by atoms with Crippen LogP contribution in [0.2, 0.25) is 0 Å². The molecule has 1 fully saturated rings. The number of urea groups is 1. The van der Waals surface area contributed by atoms with Crippen molar-refractivity contribution in [3.8, 4) is 16.9 Å². The van der Waals surface area contributed by atoms with Gasteiger partial charge in [-0.05, 0) is 19.4 Å². The van der Waals surface area contributed by atoms with E-state index in [1.807, 2.05) is 19.1 Å². The van der Waals surface area contributed by atoms with Gasteiger partial charge in [-0.1, -0.05) is 11.3 Å². The lowest BCUT2D eigenvalue weighted by molar-refractivity contribution is 0.167. The van der Waals surface area contributed by atoms with Crippen LogP contribution in [0.1, 0.15) is 13.3 Å². The number of hydrogen-bond acceptors (Lipinski definition) is 7. The number of benzene rings is 1. The molecular formula is C19H21N5O3S. The van der Waals surface area contributed by atoms with Crippen molar-refractivity contribution in [2.45, 2.75) is 13.3 Å². The number of amides is 2. The van der Waals surface area contributed by atoms with Gasteiger partial charge in [-0.3, -0.25) is 5.32 Å². The Morgan fingerprint density at radius 3 is 2.96 bits per heavy atom. The number of hydrogen-bond donors (Lipinski definition) is 2. The minimum Gasteiger partial charge on any atom is -0.493 e. The van der Waals surface area contributed by atoms with Crippen molar-refractivity contribution in [2.24, 2.45) is 5.92 Å². The van der Waals surface area contributed by atoms with Crippen LogP contribution in [0.4, 0.5) is 9.93 Å². The minimum atomic E-state index is -0.268. The van der Waals surface area contributed by atoms with Crippen LogP contribution in [0, 0.1) is 5.92 Å². The molecule has 9 heteroatoms. The second kappa shape index (κ2) is 8.49. The van der Waals surface area contributed by atoms with Crippen molar-refractivity contribution in [1.29, 1.82) is 0 Å². The van der Waals surface area contributed by atoms with Crippen molar-refractivity contribution in [2.75, 3.05) is 31.7 Å². The summed E-state index contributed by atoms with van der Waals surface area (Å²) in [6, 6.07) is 3.65. The van der Waals surface area contributed by atoms with Crippen LogP contribution in [-0.2, 0) is 4.74 Å². The molecule has 0 radical (unpaired) electrons. The van der Waals surface area contributed by atoms with Gasteiger partial charge in [0.2, 0.25) is 0 Å². The van der Waals surface area contributed by atoms with E-state index in [0.717, 1.165) is 46.7 Å². The van der Waals surface area contributed by atoms with Crippen molar-refractivity contribution in [3.63, 3.8) is 0 Å². The summed E-state index contributed by atoms with van der Waals surface area (Å²) in [5.41, 5.74) is 2.52. The fraction of sp³-hybridized carbons (Fsp3) is 0.368. The molecule has 1 aliphatic heterocycles. The number of thiazole rings is 1. The first-order chi connectivity index (χ1) is 13.7. The number of carbonyl (C=O) groups excluding carboxylic acids is 1. The standard InChI is InChI=1S/C19H21N5O3S/c1-2-22-18(25)24-19-23-15-5-14(13-7-20-11-21-8-13)16(6-17(15)28-19)27-10-12-3-4-26-9-12/h5-8,11-12H,2-4,9-10H2,1H3,(H2,22,23,24,25). The largest absolute Gasteiger partial charge is 0.493 e. The highest BCUT2D eigenvalue weighted by Crippen LogP contribution is 2.37. The maximum Gasteiger partial charge on any atom is 0.321 e. The van der Waals surface area contributed by atoms with Gasteiger partial charge in [0.25, 0.3) is 0 Å². The van der Waals surface area contributed by atoms with Crippen LogP contribution in [0.3, 0.4) is 0 Å². The molecule has 3 heterocycles. The molecule has 0 bridgehead atoms. The van der Waals surface area contributed by atoms with Crippen molar-refractivity contribution < 1.29 is 14.3 Å². The summed E-state index contributed by atoms with van der Waals surface area (Å²) in [7, 11) is 0. The molecule has 1 saturated heterocycles. The van der Waals surface area contributed by atoms with E-state index in [1.165, 1.54) is 17.7 Å². The van der Waals surface area contributed by atoms with E-state index in [4.69, 9.17) is 9.47 Å². The zero-order valence-electron chi connectivity index (χ0n) is 15.5. The monoisotopic (exact) mass is 399 g/mol. The number of aromatic nitrogens is 3. The second-order valence-electron chi connectivity index (χ2n) is 6.49. The molecule has 0 aliphatic carbocycles. The predicted molar refractivity (Wildman–Crippen MR) is 108 cm³/mol. The number of carbonyl (C=O) groups is 1. The fourth-order valence-electron chi connectivity index (χ4n) is 3.02. The highest BCUT2D eigenvalue weighted by molar-refractivity contribution is 7.22. The first kappa shape index (κ1) is 18.6.